The van der Waals surface area contributed by atoms with Crippen LogP contribution in [0.1, 0.15) is 28.8 Å². The second-order valence-electron chi connectivity index (χ2n) is 4.99. The van der Waals surface area contributed by atoms with Crippen molar-refractivity contribution in [3.8, 4) is 11.5 Å². The van der Waals surface area contributed by atoms with Crippen LogP contribution in [0.15, 0.2) is 4.52 Å². The summed E-state index contributed by atoms with van der Waals surface area (Å²) in [6.45, 7) is 0.745. The highest BCUT2D eigenvalue weighted by atomic mass is 32.2. The number of nitrogens with zero attached hydrogens (tertiary/aromatic N) is 2. The Bertz CT molecular complexity index is 632. The van der Waals surface area contributed by atoms with Crippen molar-refractivity contribution in [2.45, 2.75) is 25.4 Å². The monoisotopic (exact) mass is 309 g/mol. The van der Waals surface area contributed by atoms with Crippen LogP contribution in [0.5, 0.6) is 0 Å². The van der Waals surface area contributed by atoms with Gasteiger partial charge in [0.2, 0.25) is 5.82 Å². The Morgan fingerprint density at radius 2 is 2.25 bits per heavy atom. The number of nitrogen functional groups attached to an aromatic ring is 1. The summed E-state index contributed by atoms with van der Waals surface area (Å²) in [5, 5.41) is 4.88. The van der Waals surface area contributed by atoms with E-state index in [4.69, 9.17) is 15.0 Å². The summed E-state index contributed by atoms with van der Waals surface area (Å²) in [5.74, 6) is 3.11. The molecule has 2 N–H and O–H groups in total. The number of ether oxygens (including phenoxy) is 1. The van der Waals surface area contributed by atoms with Crippen molar-refractivity contribution >= 4 is 28.1 Å². The van der Waals surface area contributed by atoms with E-state index >= 15 is 0 Å². The van der Waals surface area contributed by atoms with E-state index in [0.29, 0.717) is 11.7 Å². The summed E-state index contributed by atoms with van der Waals surface area (Å²) >= 11 is 3.52. The summed E-state index contributed by atoms with van der Waals surface area (Å²) < 4.78 is 11.1. The Morgan fingerprint density at radius 3 is 3.10 bits per heavy atom. The molecule has 0 aromatic carbocycles. The minimum absolute atomic E-state index is 0.0563. The predicted molar refractivity (Wildman–Crippen MR) is 80.1 cm³/mol. The van der Waals surface area contributed by atoms with Gasteiger partial charge >= 0.3 is 0 Å². The SMILES string of the molecule is Nc1sc2c(c1-c1nc(C3CSCCO3)no1)CCC2. The smallest absolute Gasteiger partial charge is 0.261 e. The first-order valence-electron chi connectivity index (χ1n) is 6.76. The van der Waals surface area contributed by atoms with Crippen molar-refractivity contribution in [2.24, 2.45) is 0 Å². The van der Waals surface area contributed by atoms with Gasteiger partial charge in [0.05, 0.1) is 17.2 Å². The van der Waals surface area contributed by atoms with Gasteiger partial charge in [-0.25, -0.2) is 0 Å². The maximum Gasteiger partial charge on any atom is 0.261 e. The third kappa shape index (κ3) is 2.04. The molecule has 4 rings (SSSR count). The molecule has 1 aliphatic heterocycles. The molecule has 1 atom stereocenters. The van der Waals surface area contributed by atoms with E-state index in [-0.39, 0.29) is 6.10 Å². The molecule has 2 aromatic rings. The Kier molecular flexibility index (Phi) is 3.20. The van der Waals surface area contributed by atoms with Crippen molar-refractivity contribution in [1.82, 2.24) is 10.1 Å². The summed E-state index contributed by atoms with van der Waals surface area (Å²) in [5.41, 5.74) is 8.40. The van der Waals surface area contributed by atoms with Crippen molar-refractivity contribution in [1.29, 1.82) is 0 Å². The van der Waals surface area contributed by atoms with E-state index in [2.05, 4.69) is 10.1 Å². The van der Waals surface area contributed by atoms with Gasteiger partial charge in [-0.1, -0.05) is 5.16 Å². The molecule has 20 heavy (non-hydrogen) atoms. The molecule has 1 unspecified atom stereocenters. The molecule has 1 fully saturated rings. The van der Waals surface area contributed by atoms with Crippen LogP contribution in [0.25, 0.3) is 11.5 Å². The summed E-state index contributed by atoms with van der Waals surface area (Å²) in [4.78, 5) is 5.90. The van der Waals surface area contributed by atoms with Crippen LogP contribution >= 0.6 is 23.1 Å². The molecule has 7 heteroatoms. The van der Waals surface area contributed by atoms with Gasteiger partial charge in [0, 0.05) is 16.4 Å². The molecule has 106 valence electrons. The first-order valence-corrected chi connectivity index (χ1v) is 8.73. The second-order valence-corrected chi connectivity index (χ2v) is 7.28. The highest BCUT2D eigenvalue weighted by Crippen LogP contribution is 2.43. The maximum atomic E-state index is 6.13. The Morgan fingerprint density at radius 1 is 1.30 bits per heavy atom. The average molecular weight is 309 g/mol. The Balaban J connectivity index is 1.68. The minimum Gasteiger partial charge on any atom is -0.390 e. The first kappa shape index (κ1) is 12.7. The van der Waals surface area contributed by atoms with Crippen LogP contribution in [0, 0.1) is 0 Å². The summed E-state index contributed by atoms with van der Waals surface area (Å²) in [6, 6.07) is 0. The topological polar surface area (TPSA) is 74.2 Å². The molecule has 2 aromatic heterocycles. The lowest BCUT2D eigenvalue weighted by Gasteiger charge is -2.18. The van der Waals surface area contributed by atoms with Gasteiger partial charge < -0.3 is 15.0 Å². The number of rotatable bonds is 2. The van der Waals surface area contributed by atoms with Crippen molar-refractivity contribution in [2.75, 3.05) is 23.8 Å². The minimum atomic E-state index is -0.0563. The fraction of sp³-hybridized carbons (Fsp3) is 0.538. The molecule has 1 aliphatic carbocycles. The van der Waals surface area contributed by atoms with Gasteiger partial charge in [0.25, 0.3) is 5.89 Å². The van der Waals surface area contributed by atoms with Gasteiger partial charge in [-0.2, -0.15) is 16.7 Å². The van der Waals surface area contributed by atoms with Gasteiger partial charge in [-0.3, -0.25) is 0 Å². The standard InChI is InChI=1S/C13H15N3O2S2/c14-11-10(7-2-1-3-9(7)20-11)13-15-12(16-18-13)8-6-19-5-4-17-8/h8H,1-6,14H2. The number of thioether (sulfide) groups is 1. The van der Waals surface area contributed by atoms with Crippen LogP contribution in [0.3, 0.4) is 0 Å². The normalized spacial score (nSPS) is 22.1. The maximum absolute atomic E-state index is 6.13. The van der Waals surface area contributed by atoms with Crippen LogP contribution in [-0.4, -0.2) is 28.3 Å². The zero-order chi connectivity index (χ0) is 13.5. The third-order valence-electron chi connectivity index (χ3n) is 3.71. The number of hydrogen-bond donors (Lipinski definition) is 1. The molecular formula is C13H15N3O2S2. The number of nitrogens with two attached hydrogens (primary N) is 1. The zero-order valence-corrected chi connectivity index (χ0v) is 12.6. The lowest BCUT2D eigenvalue weighted by molar-refractivity contribution is 0.0677. The van der Waals surface area contributed by atoms with E-state index < -0.39 is 0 Å². The predicted octanol–water partition coefficient (Wildman–Crippen LogP) is 2.67. The number of aromatic nitrogens is 2. The van der Waals surface area contributed by atoms with Gasteiger partial charge in [0.1, 0.15) is 6.10 Å². The van der Waals surface area contributed by atoms with Gasteiger partial charge in [0.15, 0.2) is 0 Å². The highest BCUT2D eigenvalue weighted by molar-refractivity contribution is 7.99. The molecule has 0 amide bonds. The van der Waals surface area contributed by atoms with E-state index in [0.717, 1.165) is 41.5 Å². The fourth-order valence-electron chi connectivity index (χ4n) is 2.76. The van der Waals surface area contributed by atoms with E-state index in [1.165, 1.54) is 16.9 Å². The number of aryl methyl sites for hydroxylation is 1. The number of anilines is 1. The number of fused-ring (bicyclic) bond motifs is 1. The summed E-state index contributed by atoms with van der Waals surface area (Å²) in [7, 11) is 0. The van der Waals surface area contributed by atoms with Gasteiger partial charge in [-0.15, -0.1) is 11.3 Å². The molecule has 5 nitrogen and oxygen atoms in total. The fourth-order valence-corrected chi connectivity index (χ4v) is 4.76. The largest absolute Gasteiger partial charge is 0.390 e. The van der Waals surface area contributed by atoms with Crippen LogP contribution in [0.4, 0.5) is 5.00 Å². The quantitative estimate of drug-likeness (QED) is 0.919. The van der Waals surface area contributed by atoms with Gasteiger partial charge in [-0.05, 0) is 24.8 Å². The van der Waals surface area contributed by atoms with E-state index in [1.54, 1.807) is 11.3 Å². The third-order valence-corrected chi connectivity index (χ3v) is 5.82. The first-order chi connectivity index (χ1) is 9.83. The molecule has 0 saturated carbocycles. The molecule has 1 saturated heterocycles. The molecule has 0 spiro atoms. The number of hydrogen-bond acceptors (Lipinski definition) is 7. The van der Waals surface area contributed by atoms with E-state index in [1.807, 2.05) is 11.8 Å². The van der Waals surface area contributed by atoms with Crippen LogP contribution < -0.4 is 5.73 Å². The molecule has 0 bridgehead atoms. The number of thiophene rings is 1. The van der Waals surface area contributed by atoms with Crippen molar-refractivity contribution in [3.63, 3.8) is 0 Å². The van der Waals surface area contributed by atoms with E-state index in [9.17, 15) is 0 Å². The lowest BCUT2D eigenvalue weighted by atomic mass is 10.1. The van der Waals surface area contributed by atoms with Crippen molar-refractivity contribution in [3.05, 3.63) is 16.3 Å². The Hall–Kier alpha value is -1.05. The molecule has 3 heterocycles. The zero-order valence-electron chi connectivity index (χ0n) is 10.9. The average Bonchev–Trinajstić information content (AvgIpc) is 3.15. The van der Waals surface area contributed by atoms with Crippen LogP contribution in [0.2, 0.25) is 0 Å². The Labute approximate surface area is 124 Å². The second kappa shape index (κ2) is 5.05. The molecular weight excluding hydrogens is 294 g/mol. The molecule has 2 aliphatic rings. The van der Waals surface area contributed by atoms with Crippen molar-refractivity contribution < 1.29 is 9.26 Å². The highest BCUT2D eigenvalue weighted by Gasteiger charge is 2.28. The summed E-state index contributed by atoms with van der Waals surface area (Å²) in [6.07, 6.45) is 3.32. The molecule has 0 radical (unpaired) electrons. The lowest BCUT2D eigenvalue weighted by Crippen LogP contribution is -2.16. The van der Waals surface area contributed by atoms with Crippen LogP contribution in [-0.2, 0) is 17.6 Å².